The Labute approximate surface area is 231 Å². The largest absolute Gasteiger partial charge is 0.480 e. The van der Waals surface area contributed by atoms with E-state index in [1.54, 1.807) is 0 Å². The molecule has 0 radical (unpaired) electrons. The number of nitrogens with two attached hydrogens (primary N) is 5. The van der Waals surface area contributed by atoms with E-state index < -0.39 is 53.8 Å². The third-order valence-electron chi connectivity index (χ3n) is 5.79. The van der Waals surface area contributed by atoms with Gasteiger partial charge in [0.15, 0.2) is 5.96 Å². The number of nitrogens with one attached hydrogen (secondary N) is 4. The number of carboxylic acid groups (broad SMARTS) is 1. The third-order valence-corrected chi connectivity index (χ3v) is 5.79. The molecule has 0 spiro atoms. The number of primary amides is 1. The fraction of sp³-hybridized carbons (Fsp3) is 0.609. The van der Waals surface area contributed by atoms with Gasteiger partial charge >= 0.3 is 5.97 Å². The van der Waals surface area contributed by atoms with Crippen molar-refractivity contribution in [3.8, 4) is 0 Å². The average molecular weight is 568 g/mol. The Morgan fingerprint density at radius 2 is 1.52 bits per heavy atom. The maximum atomic E-state index is 13.2. The van der Waals surface area contributed by atoms with Crippen LogP contribution >= 0.6 is 0 Å². The van der Waals surface area contributed by atoms with E-state index in [-0.39, 0.29) is 44.6 Å². The first-order valence-corrected chi connectivity index (χ1v) is 12.8. The number of aromatic nitrogens is 2. The first-order chi connectivity index (χ1) is 18.9. The van der Waals surface area contributed by atoms with E-state index in [4.69, 9.17) is 28.7 Å². The van der Waals surface area contributed by atoms with Gasteiger partial charge in [0.05, 0.1) is 12.4 Å². The van der Waals surface area contributed by atoms with Crippen molar-refractivity contribution in [1.82, 2.24) is 25.9 Å². The molecule has 15 N–H and O–H groups in total. The summed E-state index contributed by atoms with van der Waals surface area (Å²) in [5, 5.41) is 17.1. The molecule has 0 aliphatic heterocycles. The second-order valence-electron chi connectivity index (χ2n) is 9.15. The summed E-state index contributed by atoms with van der Waals surface area (Å²) in [5.41, 5.74) is 27.7. The second-order valence-corrected chi connectivity index (χ2v) is 9.15. The Bertz CT molecular complexity index is 997. The Hall–Kier alpha value is -4.25. The van der Waals surface area contributed by atoms with Crippen molar-refractivity contribution in [3.63, 3.8) is 0 Å². The maximum Gasteiger partial charge on any atom is 0.326 e. The van der Waals surface area contributed by atoms with Gasteiger partial charge in [0.25, 0.3) is 0 Å². The first kappa shape index (κ1) is 33.8. The van der Waals surface area contributed by atoms with Gasteiger partial charge in [0.2, 0.25) is 23.6 Å². The van der Waals surface area contributed by atoms with E-state index in [0.717, 1.165) is 0 Å². The number of H-pyrrole nitrogens is 1. The molecular weight excluding hydrogens is 526 g/mol. The molecule has 4 amide bonds. The average Bonchev–Trinajstić information content (AvgIpc) is 3.40. The molecule has 17 heteroatoms. The Morgan fingerprint density at radius 3 is 2.08 bits per heavy atom. The molecular formula is C23H41N11O6. The summed E-state index contributed by atoms with van der Waals surface area (Å²) in [6.07, 6.45) is 4.12. The lowest BCUT2D eigenvalue weighted by Crippen LogP contribution is -2.57. The Morgan fingerprint density at radius 1 is 0.900 bits per heavy atom. The number of aliphatic carboxylic acids is 1. The molecule has 1 aromatic heterocycles. The van der Waals surface area contributed by atoms with E-state index in [2.05, 4.69) is 30.9 Å². The number of carboxylic acids is 1. The minimum absolute atomic E-state index is 0.0666. The standard InChI is InChI=1S/C23H41N11O6/c24-8-2-1-5-15(20(37)34-17(22(39)40)10-13-11-29-12-31-13)33-21(38)16(6-7-18(26)35)32-19(36)14(25)4-3-9-30-23(27)28/h11-12,14-17H,1-10,24-25H2,(H2,26,35)(H,29,31)(H,32,36)(H,33,38)(H,34,37)(H,39,40)(H4,27,28,30). The summed E-state index contributed by atoms with van der Waals surface area (Å²) in [4.78, 5) is 72.4. The maximum absolute atomic E-state index is 13.2. The lowest BCUT2D eigenvalue weighted by molar-refractivity contribution is -0.142. The van der Waals surface area contributed by atoms with Crippen molar-refractivity contribution in [2.24, 2.45) is 33.7 Å². The van der Waals surface area contributed by atoms with Crippen LogP contribution in [0.15, 0.2) is 17.5 Å². The zero-order valence-corrected chi connectivity index (χ0v) is 22.3. The van der Waals surface area contributed by atoms with Crippen LogP contribution in [0.4, 0.5) is 0 Å². The Balaban J connectivity index is 2.96. The van der Waals surface area contributed by atoms with Crippen molar-refractivity contribution >= 4 is 35.6 Å². The molecule has 1 rings (SSSR count). The monoisotopic (exact) mass is 567 g/mol. The Kier molecular flexibility index (Phi) is 15.3. The number of amides is 4. The fourth-order valence-electron chi connectivity index (χ4n) is 3.61. The van der Waals surface area contributed by atoms with Gasteiger partial charge in [-0.2, -0.15) is 0 Å². The van der Waals surface area contributed by atoms with Crippen molar-refractivity contribution < 1.29 is 29.1 Å². The number of imidazole rings is 1. The number of carbonyl (C=O) groups is 5. The molecule has 0 aliphatic carbocycles. The number of hydrogen-bond donors (Lipinski definition) is 10. The van der Waals surface area contributed by atoms with Crippen LogP contribution in [-0.2, 0) is 30.4 Å². The van der Waals surface area contributed by atoms with Crippen LogP contribution in [0.1, 0.15) is 50.6 Å². The first-order valence-electron chi connectivity index (χ1n) is 12.8. The number of unbranched alkanes of at least 4 members (excludes halogenated alkanes) is 1. The van der Waals surface area contributed by atoms with Gasteiger partial charge in [0.1, 0.15) is 18.1 Å². The van der Waals surface area contributed by atoms with Crippen LogP contribution in [0, 0.1) is 0 Å². The van der Waals surface area contributed by atoms with Gasteiger partial charge in [-0.1, -0.05) is 0 Å². The van der Waals surface area contributed by atoms with Crippen LogP contribution in [0.5, 0.6) is 0 Å². The number of rotatable bonds is 20. The van der Waals surface area contributed by atoms with Gasteiger partial charge < -0.3 is 54.7 Å². The molecule has 0 aliphatic rings. The fourth-order valence-corrected chi connectivity index (χ4v) is 3.61. The lowest BCUT2D eigenvalue weighted by atomic mass is 10.0. The van der Waals surface area contributed by atoms with Gasteiger partial charge in [0, 0.05) is 31.3 Å². The zero-order valence-electron chi connectivity index (χ0n) is 22.3. The highest BCUT2D eigenvalue weighted by Crippen LogP contribution is 2.07. The summed E-state index contributed by atoms with van der Waals surface area (Å²) in [6.45, 7) is 0.602. The number of nitrogens with zero attached hydrogens (tertiary/aromatic N) is 2. The molecule has 1 aromatic rings. The summed E-state index contributed by atoms with van der Waals surface area (Å²) >= 11 is 0. The molecule has 0 aromatic carbocycles. The highest BCUT2D eigenvalue weighted by Gasteiger charge is 2.30. The van der Waals surface area contributed by atoms with Crippen LogP contribution < -0.4 is 44.6 Å². The quantitative estimate of drug-likeness (QED) is 0.0414. The molecule has 4 atom stereocenters. The smallest absolute Gasteiger partial charge is 0.326 e. The van der Waals surface area contributed by atoms with Gasteiger partial charge in [-0.15, -0.1) is 0 Å². The number of aromatic amines is 1. The van der Waals surface area contributed by atoms with Crippen molar-refractivity contribution in [2.75, 3.05) is 13.1 Å². The van der Waals surface area contributed by atoms with E-state index in [0.29, 0.717) is 31.5 Å². The second kappa shape index (κ2) is 18.1. The SMILES string of the molecule is NCCCCC(NC(=O)C(CCC(N)=O)NC(=O)C(N)CCCN=C(N)N)C(=O)NC(Cc1cnc[nH]1)C(=O)O. The summed E-state index contributed by atoms with van der Waals surface area (Å²) < 4.78 is 0. The van der Waals surface area contributed by atoms with E-state index >= 15 is 0 Å². The topological polar surface area (TPSA) is 313 Å². The van der Waals surface area contributed by atoms with Crippen molar-refractivity contribution in [2.45, 2.75) is 75.5 Å². The normalized spacial score (nSPS) is 13.8. The predicted molar refractivity (Wildman–Crippen MR) is 145 cm³/mol. The van der Waals surface area contributed by atoms with Gasteiger partial charge in [-0.3, -0.25) is 24.2 Å². The molecule has 17 nitrogen and oxygen atoms in total. The molecule has 1 heterocycles. The third kappa shape index (κ3) is 13.5. The molecule has 0 fully saturated rings. The van der Waals surface area contributed by atoms with Crippen LogP contribution in [0.3, 0.4) is 0 Å². The number of guanidine groups is 1. The van der Waals surface area contributed by atoms with E-state index in [1.807, 2.05) is 0 Å². The van der Waals surface area contributed by atoms with E-state index in [1.165, 1.54) is 12.5 Å². The minimum atomic E-state index is -1.30. The highest BCUT2D eigenvalue weighted by molar-refractivity contribution is 5.94. The molecule has 0 bridgehead atoms. The molecule has 4 unspecified atom stereocenters. The highest BCUT2D eigenvalue weighted by atomic mass is 16.4. The molecule has 40 heavy (non-hydrogen) atoms. The summed E-state index contributed by atoms with van der Waals surface area (Å²) in [7, 11) is 0. The van der Waals surface area contributed by atoms with Gasteiger partial charge in [-0.05, 0) is 45.1 Å². The van der Waals surface area contributed by atoms with Crippen molar-refractivity contribution in [3.05, 3.63) is 18.2 Å². The molecule has 0 saturated carbocycles. The van der Waals surface area contributed by atoms with Crippen LogP contribution in [-0.4, -0.2) is 87.9 Å². The number of aliphatic imine (C=N–C) groups is 1. The zero-order chi connectivity index (χ0) is 30.1. The molecule has 0 saturated heterocycles. The van der Waals surface area contributed by atoms with Crippen LogP contribution in [0.25, 0.3) is 0 Å². The van der Waals surface area contributed by atoms with Gasteiger partial charge in [-0.25, -0.2) is 9.78 Å². The lowest BCUT2D eigenvalue weighted by Gasteiger charge is -2.25. The minimum Gasteiger partial charge on any atom is -0.480 e. The number of carbonyl (C=O) groups excluding carboxylic acids is 4. The van der Waals surface area contributed by atoms with Crippen LogP contribution in [0.2, 0.25) is 0 Å². The summed E-state index contributed by atoms with van der Waals surface area (Å²) in [5.74, 6) is -4.25. The van der Waals surface area contributed by atoms with Crippen molar-refractivity contribution in [1.29, 1.82) is 0 Å². The van der Waals surface area contributed by atoms with E-state index in [9.17, 15) is 29.1 Å². The predicted octanol–water partition coefficient (Wildman–Crippen LogP) is -3.73. The molecule has 224 valence electrons. The summed E-state index contributed by atoms with van der Waals surface area (Å²) in [6, 6.07) is -4.69. The number of hydrogen-bond acceptors (Lipinski definition) is 9.